The quantitative estimate of drug-likeness (QED) is 0.692. The van der Waals surface area contributed by atoms with Crippen molar-refractivity contribution in [3.63, 3.8) is 0 Å². The van der Waals surface area contributed by atoms with Crippen molar-refractivity contribution >= 4 is 0 Å². The van der Waals surface area contributed by atoms with Gasteiger partial charge < -0.3 is 5.32 Å². The Morgan fingerprint density at radius 3 is 2.93 bits per heavy atom. The van der Waals surface area contributed by atoms with E-state index < -0.39 is 0 Å². The normalized spacial score (nSPS) is 26.5. The van der Waals surface area contributed by atoms with E-state index in [1.54, 1.807) is 0 Å². The number of nitrogens with zero attached hydrogens (tertiary/aromatic N) is 1. The highest BCUT2D eigenvalue weighted by atomic mass is 15.1. The van der Waals surface area contributed by atoms with Gasteiger partial charge in [0.05, 0.1) is 6.54 Å². The standard InChI is InChI=1S/C13H24N2/c1-4-9-15(10-5-2)11-13-12(3)7-6-8-14-13/h1,12-14H,5-11H2,2-3H3. The van der Waals surface area contributed by atoms with Crippen molar-refractivity contribution in [2.45, 2.75) is 39.2 Å². The lowest BCUT2D eigenvalue weighted by atomic mass is 9.92. The second-order valence-electron chi connectivity index (χ2n) is 4.62. The van der Waals surface area contributed by atoms with Crippen LogP contribution in [-0.4, -0.2) is 37.1 Å². The summed E-state index contributed by atoms with van der Waals surface area (Å²) in [5, 5.41) is 3.61. The van der Waals surface area contributed by atoms with Crippen LogP contribution >= 0.6 is 0 Å². The first-order chi connectivity index (χ1) is 7.27. The summed E-state index contributed by atoms with van der Waals surface area (Å²) in [6, 6.07) is 0.638. The van der Waals surface area contributed by atoms with Gasteiger partial charge in [-0.25, -0.2) is 0 Å². The average molecular weight is 208 g/mol. The maximum Gasteiger partial charge on any atom is 0.0599 e. The minimum atomic E-state index is 0.638. The molecule has 86 valence electrons. The fraction of sp³-hybridized carbons (Fsp3) is 0.846. The molecule has 0 bridgehead atoms. The topological polar surface area (TPSA) is 15.3 Å². The van der Waals surface area contributed by atoms with E-state index in [4.69, 9.17) is 6.42 Å². The van der Waals surface area contributed by atoms with Crippen molar-refractivity contribution < 1.29 is 0 Å². The second-order valence-corrected chi connectivity index (χ2v) is 4.62. The molecule has 1 aliphatic heterocycles. The molecule has 1 N–H and O–H groups in total. The lowest BCUT2D eigenvalue weighted by Gasteiger charge is -2.34. The predicted molar refractivity (Wildman–Crippen MR) is 65.8 cm³/mol. The molecule has 1 rings (SSSR count). The zero-order chi connectivity index (χ0) is 11.1. The second kappa shape index (κ2) is 6.87. The van der Waals surface area contributed by atoms with E-state index in [1.165, 1.54) is 25.8 Å². The monoisotopic (exact) mass is 208 g/mol. The van der Waals surface area contributed by atoms with Crippen LogP contribution in [0.2, 0.25) is 0 Å². The first-order valence-corrected chi connectivity index (χ1v) is 6.17. The first kappa shape index (κ1) is 12.5. The molecule has 2 heteroatoms. The van der Waals surface area contributed by atoms with Crippen LogP contribution in [0.15, 0.2) is 0 Å². The molecular weight excluding hydrogens is 184 g/mol. The zero-order valence-corrected chi connectivity index (χ0v) is 10.1. The molecule has 15 heavy (non-hydrogen) atoms. The van der Waals surface area contributed by atoms with Crippen LogP contribution in [0.3, 0.4) is 0 Å². The molecule has 1 saturated heterocycles. The van der Waals surface area contributed by atoms with Gasteiger partial charge >= 0.3 is 0 Å². The molecule has 1 fully saturated rings. The van der Waals surface area contributed by atoms with E-state index in [0.29, 0.717) is 6.04 Å². The summed E-state index contributed by atoms with van der Waals surface area (Å²) in [4.78, 5) is 2.39. The third-order valence-corrected chi connectivity index (χ3v) is 3.24. The first-order valence-electron chi connectivity index (χ1n) is 6.17. The molecule has 2 atom stereocenters. The number of rotatable bonds is 5. The molecule has 0 aliphatic carbocycles. The zero-order valence-electron chi connectivity index (χ0n) is 10.1. The van der Waals surface area contributed by atoms with Crippen molar-refractivity contribution in [1.29, 1.82) is 0 Å². The highest BCUT2D eigenvalue weighted by Gasteiger charge is 2.22. The Balaban J connectivity index is 2.38. The molecule has 2 unspecified atom stereocenters. The minimum absolute atomic E-state index is 0.638. The van der Waals surface area contributed by atoms with Gasteiger partial charge in [0.1, 0.15) is 0 Å². The van der Waals surface area contributed by atoms with Crippen LogP contribution in [0.4, 0.5) is 0 Å². The Kier molecular flexibility index (Phi) is 5.75. The average Bonchev–Trinajstić information content (AvgIpc) is 2.22. The molecule has 2 nitrogen and oxygen atoms in total. The molecule has 1 heterocycles. The van der Waals surface area contributed by atoms with Crippen LogP contribution < -0.4 is 5.32 Å². The molecule has 0 spiro atoms. The summed E-state index contributed by atoms with van der Waals surface area (Å²) in [7, 11) is 0. The summed E-state index contributed by atoms with van der Waals surface area (Å²) in [5.41, 5.74) is 0. The van der Waals surface area contributed by atoms with E-state index in [1.807, 2.05) is 0 Å². The number of hydrogen-bond donors (Lipinski definition) is 1. The van der Waals surface area contributed by atoms with E-state index >= 15 is 0 Å². The molecule has 0 aromatic carbocycles. The maximum atomic E-state index is 5.39. The highest BCUT2D eigenvalue weighted by molar-refractivity contribution is 4.90. The summed E-state index contributed by atoms with van der Waals surface area (Å²) < 4.78 is 0. The van der Waals surface area contributed by atoms with Crippen LogP contribution in [0.25, 0.3) is 0 Å². The lowest BCUT2D eigenvalue weighted by Crippen LogP contribution is -2.48. The van der Waals surface area contributed by atoms with Crippen LogP contribution in [0, 0.1) is 18.3 Å². The minimum Gasteiger partial charge on any atom is -0.312 e. The van der Waals surface area contributed by atoms with Crippen LogP contribution in [0.1, 0.15) is 33.1 Å². The van der Waals surface area contributed by atoms with Crippen molar-refractivity contribution in [1.82, 2.24) is 10.2 Å². The van der Waals surface area contributed by atoms with E-state index in [2.05, 4.69) is 30.0 Å². The third kappa shape index (κ3) is 4.24. The smallest absolute Gasteiger partial charge is 0.0599 e. The molecular formula is C13H24N2. The summed E-state index contributed by atoms with van der Waals surface area (Å²) >= 11 is 0. The SMILES string of the molecule is C#CCN(CCC)CC1NCCCC1C. The van der Waals surface area contributed by atoms with Crippen molar-refractivity contribution in [2.75, 3.05) is 26.2 Å². The van der Waals surface area contributed by atoms with Gasteiger partial charge in [-0.3, -0.25) is 4.90 Å². The Morgan fingerprint density at radius 2 is 2.33 bits per heavy atom. The van der Waals surface area contributed by atoms with E-state index in [9.17, 15) is 0 Å². The highest BCUT2D eigenvalue weighted by Crippen LogP contribution is 2.16. The number of nitrogens with one attached hydrogen (secondary N) is 1. The Hall–Kier alpha value is -0.520. The molecule has 0 aromatic heterocycles. The largest absolute Gasteiger partial charge is 0.312 e. The molecule has 0 saturated carbocycles. The van der Waals surface area contributed by atoms with Crippen molar-refractivity contribution in [3.8, 4) is 12.3 Å². The number of piperidine rings is 1. The summed E-state index contributed by atoms with van der Waals surface area (Å²) in [6.45, 7) is 8.75. The van der Waals surface area contributed by atoms with Gasteiger partial charge in [0, 0.05) is 12.6 Å². The fourth-order valence-corrected chi connectivity index (χ4v) is 2.32. The van der Waals surface area contributed by atoms with E-state index in [-0.39, 0.29) is 0 Å². The number of hydrogen-bond acceptors (Lipinski definition) is 2. The van der Waals surface area contributed by atoms with Crippen LogP contribution in [0.5, 0.6) is 0 Å². The molecule has 0 amide bonds. The Labute approximate surface area is 94.4 Å². The van der Waals surface area contributed by atoms with E-state index in [0.717, 1.165) is 25.6 Å². The van der Waals surface area contributed by atoms with Crippen molar-refractivity contribution in [3.05, 3.63) is 0 Å². The summed E-state index contributed by atoms with van der Waals surface area (Å²) in [5.74, 6) is 3.54. The summed E-state index contributed by atoms with van der Waals surface area (Å²) in [6.07, 6.45) is 9.25. The predicted octanol–water partition coefficient (Wildman–Crippen LogP) is 1.72. The van der Waals surface area contributed by atoms with Gasteiger partial charge in [0.25, 0.3) is 0 Å². The lowest BCUT2D eigenvalue weighted by molar-refractivity contribution is 0.205. The van der Waals surface area contributed by atoms with Gasteiger partial charge in [-0.15, -0.1) is 6.42 Å². The molecule has 0 radical (unpaired) electrons. The fourth-order valence-electron chi connectivity index (χ4n) is 2.32. The maximum absolute atomic E-state index is 5.39. The van der Waals surface area contributed by atoms with Gasteiger partial charge in [-0.05, 0) is 38.3 Å². The van der Waals surface area contributed by atoms with Crippen molar-refractivity contribution in [2.24, 2.45) is 5.92 Å². The van der Waals surface area contributed by atoms with Gasteiger partial charge in [0.15, 0.2) is 0 Å². The van der Waals surface area contributed by atoms with Gasteiger partial charge in [-0.2, -0.15) is 0 Å². The molecule has 0 aromatic rings. The van der Waals surface area contributed by atoms with Gasteiger partial charge in [-0.1, -0.05) is 19.8 Å². The van der Waals surface area contributed by atoms with Gasteiger partial charge in [0.2, 0.25) is 0 Å². The van der Waals surface area contributed by atoms with Crippen LogP contribution in [-0.2, 0) is 0 Å². The number of terminal acetylenes is 1. The Morgan fingerprint density at radius 1 is 1.53 bits per heavy atom. The Bertz CT molecular complexity index is 207. The molecule has 1 aliphatic rings. The third-order valence-electron chi connectivity index (χ3n) is 3.24.